The van der Waals surface area contributed by atoms with E-state index in [1.165, 1.54) is 11.3 Å². The maximum atomic E-state index is 11.9. The fourth-order valence-electron chi connectivity index (χ4n) is 1.61. The zero-order valence-electron chi connectivity index (χ0n) is 10.3. The van der Waals surface area contributed by atoms with E-state index in [9.17, 15) is 4.79 Å². The van der Waals surface area contributed by atoms with Crippen LogP contribution >= 0.6 is 43.2 Å². The van der Waals surface area contributed by atoms with Crippen LogP contribution in [0.25, 0.3) is 0 Å². The highest BCUT2D eigenvalue weighted by molar-refractivity contribution is 9.13. The summed E-state index contributed by atoms with van der Waals surface area (Å²) < 4.78 is 3.78. The molecule has 0 aliphatic rings. The van der Waals surface area contributed by atoms with Crippen LogP contribution in [0.2, 0.25) is 0 Å². The van der Waals surface area contributed by atoms with Gasteiger partial charge in [0.25, 0.3) is 5.91 Å². The van der Waals surface area contributed by atoms with Gasteiger partial charge in [-0.3, -0.25) is 9.48 Å². The maximum absolute atomic E-state index is 11.9. The van der Waals surface area contributed by atoms with Crippen molar-refractivity contribution in [2.24, 2.45) is 0 Å². The van der Waals surface area contributed by atoms with Crippen LogP contribution in [0.5, 0.6) is 0 Å². The van der Waals surface area contributed by atoms with Gasteiger partial charge in [-0.2, -0.15) is 5.10 Å². The number of aromatic nitrogens is 2. The number of hydrogen-bond donors (Lipinski definition) is 1. The van der Waals surface area contributed by atoms with Gasteiger partial charge < -0.3 is 5.32 Å². The lowest BCUT2D eigenvalue weighted by atomic mass is 10.4. The number of rotatable bonds is 5. The second-order valence-corrected chi connectivity index (χ2v) is 7.26. The molecule has 0 unspecified atom stereocenters. The molecule has 102 valence electrons. The third-order valence-electron chi connectivity index (χ3n) is 2.63. The summed E-state index contributed by atoms with van der Waals surface area (Å²) in [6.07, 6.45) is 2.65. The molecule has 2 aromatic rings. The summed E-state index contributed by atoms with van der Waals surface area (Å²) in [5.41, 5.74) is 1.14. The molecule has 19 heavy (non-hydrogen) atoms. The highest BCUT2D eigenvalue weighted by Gasteiger charge is 2.11. The van der Waals surface area contributed by atoms with Crippen LogP contribution in [0, 0.1) is 6.92 Å². The summed E-state index contributed by atoms with van der Waals surface area (Å²) in [5.74, 6) is -0.0337. The smallest absolute Gasteiger partial charge is 0.261 e. The molecular formula is C12H13Br2N3OS. The predicted molar refractivity (Wildman–Crippen MR) is 83.6 cm³/mol. The molecule has 0 saturated carbocycles. The van der Waals surface area contributed by atoms with Crippen molar-refractivity contribution in [1.82, 2.24) is 15.1 Å². The molecule has 0 fully saturated rings. The Bertz CT molecular complexity index is 560. The number of halogens is 2. The van der Waals surface area contributed by atoms with Gasteiger partial charge in [-0.05, 0) is 57.3 Å². The first-order valence-corrected chi connectivity index (χ1v) is 8.19. The van der Waals surface area contributed by atoms with Crippen molar-refractivity contribution < 1.29 is 4.79 Å². The highest BCUT2D eigenvalue weighted by atomic mass is 79.9. The fraction of sp³-hybridized carbons (Fsp3) is 0.333. The summed E-state index contributed by atoms with van der Waals surface area (Å²) in [4.78, 5) is 12.6. The van der Waals surface area contributed by atoms with E-state index < -0.39 is 0 Å². The Labute approximate surface area is 132 Å². The van der Waals surface area contributed by atoms with Gasteiger partial charge in [-0.1, -0.05) is 0 Å². The minimum atomic E-state index is -0.0337. The molecule has 1 N–H and O–H groups in total. The molecule has 7 heteroatoms. The molecule has 0 bridgehead atoms. The number of hydrogen-bond acceptors (Lipinski definition) is 3. The van der Waals surface area contributed by atoms with Gasteiger partial charge in [0.1, 0.15) is 0 Å². The molecule has 0 atom stereocenters. The molecule has 2 aromatic heterocycles. The summed E-state index contributed by atoms with van der Waals surface area (Å²) in [5, 5.41) is 7.11. The molecule has 0 radical (unpaired) electrons. The number of nitrogens with one attached hydrogen (secondary N) is 1. The normalized spacial score (nSPS) is 10.7. The van der Waals surface area contributed by atoms with E-state index in [4.69, 9.17) is 0 Å². The van der Waals surface area contributed by atoms with Crippen LogP contribution in [0.3, 0.4) is 0 Å². The Morgan fingerprint density at radius 3 is 2.89 bits per heavy atom. The van der Waals surface area contributed by atoms with Crippen LogP contribution in [0.1, 0.15) is 21.8 Å². The van der Waals surface area contributed by atoms with Crippen LogP contribution < -0.4 is 5.32 Å². The lowest BCUT2D eigenvalue weighted by molar-refractivity contribution is 0.0956. The molecule has 2 heterocycles. The molecule has 0 aliphatic heterocycles. The Balaban J connectivity index is 1.77. The van der Waals surface area contributed by atoms with Crippen LogP contribution in [-0.4, -0.2) is 22.2 Å². The van der Waals surface area contributed by atoms with E-state index >= 15 is 0 Å². The van der Waals surface area contributed by atoms with E-state index in [0.29, 0.717) is 11.4 Å². The second-order valence-electron chi connectivity index (χ2n) is 4.04. The summed E-state index contributed by atoms with van der Waals surface area (Å²) >= 11 is 8.17. The third kappa shape index (κ3) is 3.90. The summed E-state index contributed by atoms with van der Waals surface area (Å²) in [6.45, 7) is 3.48. The number of thiophene rings is 1. The summed E-state index contributed by atoms with van der Waals surface area (Å²) in [6, 6.07) is 3.79. The van der Waals surface area contributed by atoms with Gasteiger partial charge >= 0.3 is 0 Å². The Kier molecular flexibility index (Phi) is 5.18. The van der Waals surface area contributed by atoms with Gasteiger partial charge in [0.15, 0.2) is 0 Å². The minimum absolute atomic E-state index is 0.0337. The van der Waals surface area contributed by atoms with E-state index in [2.05, 4.69) is 42.3 Å². The van der Waals surface area contributed by atoms with E-state index in [1.54, 1.807) is 6.20 Å². The zero-order chi connectivity index (χ0) is 13.8. The molecular weight excluding hydrogens is 394 g/mol. The minimum Gasteiger partial charge on any atom is -0.351 e. The Hall–Kier alpha value is -0.660. The van der Waals surface area contributed by atoms with E-state index in [0.717, 1.165) is 26.9 Å². The quantitative estimate of drug-likeness (QED) is 0.771. The average Bonchev–Trinajstić information content (AvgIpc) is 2.92. The molecule has 2 rings (SSSR count). The van der Waals surface area contributed by atoms with Crippen molar-refractivity contribution >= 4 is 49.1 Å². The highest BCUT2D eigenvalue weighted by Crippen LogP contribution is 2.32. The molecule has 0 spiro atoms. The second kappa shape index (κ2) is 6.67. The van der Waals surface area contributed by atoms with Gasteiger partial charge in [0.2, 0.25) is 0 Å². The Morgan fingerprint density at radius 2 is 2.32 bits per heavy atom. The van der Waals surface area contributed by atoms with Crippen molar-refractivity contribution in [3.63, 3.8) is 0 Å². The Morgan fingerprint density at radius 1 is 1.53 bits per heavy atom. The first-order chi connectivity index (χ1) is 9.08. The monoisotopic (exact) mass is 405 g/mol. The van der Waals surface area contributed by atoms with Crippen LogP contribution in [0.4, 0.5) is 0 Å². The van der Waals surface area contributed by atoms with Crippen LogP contribution in [0.15, 0.2) is 26.6 Å². The van der Waals surface area contributed by atoms with Gasteiger partial charge in [-0.15, -0.1) is 11.3 Å². The molecule has 0 saturated heterocycles. The largest absolute Gasteiger partial charge is 0.351 e. The molecule has 0 aromatic carbocycles. The average molecular weight is 407 g/mol. The number of carbonyl (C=O) groups excluding carboxylic acids is 1. The maximum Gasteiger partial charge on any atom is 0.261 e. The molecule has 0 aliphatic carbocycles. The van der Waals surface area contributed by atoms with Gasteiger partial charge in [-0.25, -0.2) is 0 Å². The van der Waals surface area contributed by atoms with Crippen molar-refractivity contribution in [1.29, 1.82) is 0 Å². The predicted octanol–water partition coefficient (Wildman–Crippen LogP) is 3.60. The first kappa shape index (κ1) is 14.7. The standard InChI is InChI=1S/C12H13Br2N3OS/c1-8-3-5-16-17(8)6-2-4-15-12(18)10-7-9(13)11(14)19-10/h3,5,7H,2,4,6H2,1H3,(H,15,18). The van der Waals surface area contributed by atoms with Crippen molar-refractivity contribution in [2.45, 2.75) is 19.9 Å². The number of amides is 1. The van der Waals surface area contributed by atoms with Crippen molar-refractivity contribution in [3.8, 4) is 0 Å². The first-order valence-electron chi connectivity index (χ1n) is 5.79. The van der Waals surface area contributed by atoms with Crippen molar-refractivity contribution in [2.75, 3.05) is 6.54 Å². The van der Waals surface area contributed by atoms with Gasteiger partial charge in [0, 0.05) is 29.5 Å². The number of aryl methyl sites for hydroxylation is 2. The SMILES string of the molecule is Cc1ccnn1CCCNC(=O)c1cc(Br)c(Br)s1. The zero-order valence-corrected chi connectivity index (χ0v) is 14.3. The lowest BCUT2D eigenvalue weighted by Crippen LogP contribution is -2.24. The summed E-state index contributed by atoms with van der Waals surface area (Å²) in [7, 11) is 0. The van der Waals surface area contributed by atoms with Crippen molar-refractivity contribution in [3.05, 3.63) is 37.2 Å². The topological polar surface area (TPSA) is 46.9 Å². The number of carbonyl (C=O) groups is 1. The number of nitrogens with zero attached hydrogens (tertiary/aromatic N) is 2. The third-order valence-corrected chi connectivity index (χ3v) is 5.89. The lowest BCUT2D eigenvalue weighted by Gasteiger charge is -2.05. The van der Waals surface area contributed by atoms with E-state index in [1.807, 2.05) is 23.7 Å². The molecule has 1 amide bonds. The van der Waals surface area contributed by atoms with Crippen LogP contribution in [-0.2, 0) is 6.54 Å². The fourth-order valence-corrected chi connectivity index (χ4v) is 3.56. The molecule has 4 nitrogen and oxygen atoms in total. The van der Waals surface area contributed by atoms with E-state index in [-0.39, 0.29) is 5.91 Å². The van der Waals surface area contributed by atoms with Gasteiger partial charge in [0.05, 0.1) is 8.66 Å².